The molecule has 8 heteroatoms. The summed E-state index contributed by atoms with van der Waals surface area (Å²) in [5, 5.41) is 14.2. The average molecular weight is 396 g/mol. The van der Waals surface area contributed by atoms with Gasteiger partial charge in [0, 0.05) is 37.0 Å². The van der Waals surface area contributed by atoms with Crippen molar-refractivity contribution in [2.75, 3.05) is 19.6 Å². The molecule has 0 bridgehead atoms. The summed E-state index contributed by atoms with van der Waals surface area (Å²) in [5.74, 6) is 2.80. The van der Waals surface area contributed by atoms with Gasteiger partial charge in [-0.3, -0.25) is 4.79 Å². The second-order valence-corrected chi connectivity index (χ2v) is 8.42. The Morgan fingerprint density at radius 1 is 1.27 bits per heavy atom. The first kappa shape index (κ1) is 19.3. The third-order valence-corrected chi connectivity index (χ3v) is 6.66. The Labute approximate surface area is 164 Å². The smallest absolute Gasteiger partial charge is 0.233 e. The molecule has 4 rings (SSSR count). The summed E-state index contributed by atoms with van der Waals surface area (Å²) in [6.45, 7) is 8.41. The van der Waals surface area contributed by atoms with Crippen molar-refractivity contribution in [3.05, 3.63) is 34.0 Å². The molecule has 26 heavy (non-hydrogen) atoms. The van der Waals surface area contributed by atoms with Crippen molar-refractivity contribution < 1.29 is 4.79 Å². The van der Waals surface area contributed by atoms with Crippen molar-refractivity contribution in [2.24, 2.45) is 0 Å². The van der Waals surface area contributed by atoms with Crippen LogP contribution in [-0.2, 0) is 23.3 Å². The zero-order valence-corrected chi connectivity index (χ0v) is 16.9. The molecule has 0 unspecified atom stereocenters. The van der Waals surface area contributed by atoms with Crippen LogP contribution in [0, 0.1) is 0 Å². The van der Waals surface area contributed by atoms with Crippen LogP contribution in [0.3, 0.4) is 0 Å². The highest BCUT2D eigenvalue weighted by atomic mass is 35.5. The number of nitrogens with one attached hydrogen (secondary N) is 1. The van der Waals surface area contributed by atoms with E-state index >= 15 is 0 Å². The molecule has 2 aliphatic rings. The van der Waals surface area contributed by atoms with E-state index in [2.05, 4.69) is 26.1 Å². The minimum absolute atomic E-state index is 0. The molecule has 2 aromatic heterocycles. The Morgan fingerprint density at radius 2 is 2.04 bits per heavy atom. The van der Waals surface area contributed by atoms with Gasteiger partial charge in [0.25, 0.3) is 0 Å². The van der Waals surface area contributed by atoms with Crippen molar-refractivity contribution in [3.8, 4) is 0 Å². The quantitative estimate of drug-likeness (QED) is 0.867. The second kappa shape index (κ2) is 7.66. The summed E-state index contributed by atoms with van der Waals surface area (Å²) in [7, 11) is 0. The minimum Gasteiger partial charge on any atom is -0.342 e. The first-order valence-electron chi connectivity index (χ1n) is 9.03. The Bertz CT molecular complexity index is 750. The van der Waals surface area contributed by atoms with E-state index in [0.717, 1.165) is 62.1 Å². The number of aromatic nitrogens is 3. The van der Waals surface area contributed by atoms with Gasteiger partial charge in [-0.2, -0.15) is 0 Å². The van der Waals surface area contributed by atoms with Crippen LogP contribution < -0.4 is 5.32 Å². The summed E-state index contributed by atoms with van der Waals surface area (Å²) < 4.78 is 2.27. The van der Waals surface area contributed by atoms with Crippen molar-refractivity contribution in [1.29, 1.82) is 0 Å². The Balaban J connectivity index is 0.00000196. The first-order valence-corrected chi connectivity index (χ1v) is 9.91. The molecule has 142 valence electrons. The molecule has 2 aromatic rings. The lowest BCUT2D eigenvalue weighted by Crippen LogP contribution is -2.46. The number of carbonyl (C=O) groups is 1. The van der Waals surface area contributed by atoms with Crippen molar-refractivity contribution in [3.63, 3.8) is 0 Å². The van der Waals surface area contributed by atoms with Gasteiger partial charge in [-0.15, -0.1) is 33.9 Å². The monoisotopic (exact) mass is 395 g/mol. The molecule has 0 saturated carbocycles. The van der Waals surface area contributed by atoms with Crippen LogP contribution in [0.2, 0.25) is 0 Å². The molecule has 2 aliphatic heterocycles. The lowest BCUT2D eigenvalue weighted by atomic mass is 9.87. The van der Waals surface area contributed by atoms with E-state index in [0.29, 0.717) is 5.92 Å². The van der Waals surface area contributed by atoms with Crippen LogP contribution in [0.4, 0.5) is 0 Å². The number of thiophene rings is 1. The van der Waals surface area contributed by atoms with Gasteiger partial charge in [0.1, 0.15) is 11.6 Å². The highest BCUT2D eigenvalue weighted by Gasteiger charge is 2.37. The number of rotatable bonds is 3. The number of piperidine rings is 1. The molecule has 1 fully saturated rings. The summed E-state index contributed by atoms with van der Waals surface area (Å²) in [6.07, 6.45) is 1.94. The predicted molar refractivity (Wildman–Crippen MR) is 105 cm³/mol. The number of fused-ring (bicyclic) bond motifs is 1. The van der Waals surface area contributed by atoms with Crippen molar-refractivity contribution >= 4 is 29.7 Å². The number of likely N-dealkylation sites (tertiary alicyclic amines) is 1. The molecule has 1 N–H and O–H groups in total. The third-order valence-electron chi connectivity index (χ3n) is 5.47. The van der Waals surface area contributed by atoms with Gasteiger partial charge >= 0.3 is 0 Å². The van der Waals surface area contributed by atoms with Crippen LogP contribution in [0.1, 0.15) is 49.1 Å². The molecule has 1 saturated heterocycles. The standard InChI is InChI=1S/C18H25N5OS.ClH/c1-18(2,14-4-3-11-25-14)17(24)22-8-5-13(6-9-22)16-21-20-15-12-19-7-10-23(15)16;/h3-4,11,13,19H,5-10,12H2,1-2H3;1H. The summed E-state index contributed by atoms with van der Waals surface area (Å²) in [6, 6.07) is 4.08. The van der Waals surface area contributed by atoms with Crippen LogP contribution >= 0.6 is 23.7 Å². The number of amides is 1. The summed E-state index contributed by atoms with van der Waals surface area (Å²) in [5.41, 5.74) is -0.444. The molecule has 0 radical (unpaired) electrons. The van der Waals surface area contributed by atoms with Gasteiger partial charge in [0.2, 0.25) is 5.91 Å². The zero-order valence-electron chi connectivity index (χ0n) is 15.3. The van der Waals surface area contributed by atoms with E-state index in [9.17, 15) is 4.79 Å². The SMILES string of the molecule is CC(C)(C(=O)N1CCC(c2nnc3n2CCNC3)CC1)c1cccs1.Cl. The maximum Gasteiger partial charge on any atom is 0.233 e. The Kier molecular flexibility index (Phi) is 5.69. The third kappa shape index (κ3) is 3.40. The highest BCUT2D eigenvalue weighted by Crippen LogP contribution is 2.33. The van der Waals surface area contributed by atoms with Crippen molar-refractivity contribution in [1.82, 2.24) is 25.0 Å². The van der Waals surface area contributed by atoms with Gasteiger partial charge in [-0.1, -0.05) is 6.07 Å². The molecule has 1 amide bonds. The number of halogens is 1. The van der Waals surface area contributed by atoms with Crippen molar-refractivity contribution in [2.45, 2.75) is 51.1 Å². The topological polar surface area (TPSA) is 63.1 Å². The normalized spacial score (nSPS) is 18.3. The van der Waals surface area contributed by atoms with E-state index in [4.69, 9.17) is 0 Å². The van der Waals surface area contributed by atoms with Gasteiger partial charge in [0.05, 0.1) is 12.0 Å². The lowest BCUT2D eigenvalue weighted by Gasteiger charge is -2.36. The van der Waals surface area contributed by atoms with Crippen LogP contribution in [0.15, 0.2) is 17.5 Å². The van der Waals surface area contributed by atoms with E-state index in [1.165, 1.54) is 0 Å². The van der Waals surface area contributed by atoms with Gasteiger partial charge < -0.3 is 14.8 Å². The fraction of sp³-hybridized carbons (Fsp3) is 0.611. The second-order valence-electron chi connectivity index (χ2n) is 7.47. The number of hydrogen-bond acceptors (Lipinski definition) is 5. The molecule has 6 nitrogen and oxygen atoms in total. The summed E-state index contributed by atoms with van der Waals surface area (Å²) >= 11 is 1.66. The zero-order chi connectivity index (χ0) is 17.4. The largest absolute Gasteiger partial charge is 0.342 e. The Hall–Kier alpha value is -1.44. The molecule has 4 heterocycles. The van der Waals surface area contributed by atoms with E-state index in [1.807, 2.05) is 30.2 Å². The molecule has 0 spiro atoms. The highest BCUT2D eigenvalue weighted by molar-refractivity contribution is 7.10. The van der Waals surface area contributed by atoms with Gasteiger partial charge in [-0.05, 0) is 38.1 Å². The number of carbonyl (C=O) groups excluding carboxylic acids is 1. The molecule has 0 aliphatic carbocycles. The minimum atomic E-state index is -0.444. The molecular weight excluding hydrogens is 370 g/mol. The maximum atomic E-state index is 13.0. The van der Waals surface area contributed by atoms with E-state index < -0.39 is 5.41 Å². The van der Waals surface area contributed by atoms with Crippen LogP contribution in [0.25, 0.3) is 0 Å². The van der Waals surface area contributed by atoms with E-state index in [-0.39, 0.29) is 18.3 Å². The Morgan fingerprint density at radius 3 is 2.73 bits per heavy atom. The van der Waals surface area contributed by atoms with Gasteiger partial charge in [0.15, 0.2) is 0 Å². The van der Waals surface area contributed by atoms with Crippen LogP contribution in [0.5, 0.6) is 0 Å². The first-order chi connectivity index (χ1) is 12.1. The molecule has 0 atom stereocenters. The maximum absolute atomic E-state index is 13.0. The molecule has 0 aromatic carbocycles. The number of hydrogen-bond donors (Lipinski definition) is 1. The van der Waals surface area contributed by atoms with Gasteiger partial charge in [-0.25, -0.2) is 0 Å². The number of nitrogens with zero attached hydrogens (tertiary/aromatic N) is 4. The lowest BCUT2D eigenvalue weighted by molar-refractivity contribution is -0.137. The fourth-order valence-electron chi connectivity index (χ4n) is 3.89. The molecular formula is C18H26ClN5OS. The van der Waals surface area contributed by atoms with Crippen LogP contribution in [-0.4, -0.2) is 45.2 Å². The predicted octanol–water partition coefficient (Wildman–Crippen LogP) is 2.55. The summed E-state index contributed by atoms with van der Waals surface area (Å²) in [4.78, 5) is 16.2. The van der Waals surface area contributed by atoms with E-state index in [1.54, 1.807) is 11.3 Å². The average Bonchev–Trinajstić information content (AvgIpc) is 3.31. The fourth-order valence-corrected chi connectivity index (χ4v) is 4.74.